The molecule has 0 aromatic heterocycles. The summed E-state index contributed by atoms with van der Waals surface area (Å²) in [5.74, 6) is 1.35. The Bertz CT molecular complexity index is 908. The third-order valence-electron chi connectivity index (χ3n) is 4.70. The molecule has 0 amide bonds. The highest BCUT2D eigenvalue weighted by Gasteiger charge is 2.27. The Balaban J connectivity index is 2.04. The van der Waals surface area contributed by atoms with Crippen molar-refractivity contribution in [3.63, 3.8) is 0 Å². The van der Waals surface area contributed by atoms with Crippen LogP contribution >= 0.6 is 0 Å². The van der Waals surface area contributed by atoms with Gasteiger partial charge in [-0.3, -0.25) is 4.55 Å². The van der Waals surface area contributed by atoms with Gasteiger partial charge in [0, 0.05) is 6.54 Å². The quantitative estimate of drug-likeness (QED) is 0.635. The molecule has 146 valence electrons. The van der Waals surface area contributed by atoms with Crippen molar-refractivity contribution in [2.24, 2.45) is 0 Å². The van der Waals surface area contributed by atoms with Gasteiger partial charge in [-0.15, -0.1) is 0 Å². The summed E-state index contributed by atoms with van der Waals surface area (Å²) in [7, 11) is -3.97. The first-order valence-electron chi connectivity index (χ1n) is 9.58. The lowest BCUT2D eigenvalue weighted by atomic mass is 9.98. The zero-order chi connectivity index (χ0) is 19.4. The highest BCUT2D eigenvalue weighted by atomic mass is 32.2. The minimum atomic E-state index is -3.97. The fraction of sp³-hybridized carbons (Fsp3) is 0.429. The van der Waals surface area contributed by atoms with Crippen LogP contribution in [-0.4, -0.2) is 25.3 Å². The smallest absolute Gasteiger partial charge is 0.264 e. The van der Waals surface area contributed by atoms with Gasteiger partial charge in [-0.25, -0.2) is 0 Å². The molecule has 0 aliphatic carbocycles. The van der Waals surface area contributed by atoms with Crippen molar-refractivity contribution in [2.75, 3.05) is 17.2 Å². The van der Waals surface area contributed by atoms with Crippen molar-refractivity contribution in [1.29, 1.82) is 0 Å². The third kappa shape index (κ3) is 4.62. The average Bonchev–Trinajstić information content (AvgIpc) is 2.60. The van der Waals surface area contributed by atoms with Crippen LogP contribution in [-0.2, 0) is 23.0 Å². The Morgan fingerprint density at radius 2 is 1.78 bits per heavy atom. The molecule has 0 atom stereocenters. The fourth-order valence-corrected chi connectivity index (χ4v) is 4.14. The predicted molar refractivity (Wildman–Crippen MR) is 109 cm³/mol. The second-order valence-electron chi connectivity index (χ2n) is 6.96. The summed E-state index contributed by atoms with van der Waals surface area (Å²) in [5, 5.41) is 0. The number of anilines is 2. The Kier molecular flexibility index (Phi) is 6.07. The topological polar surface area (TPSA) is 66.8 Å². The number of rotatable bonds is 8. The van der Waals surface area contributed by atoms with Crippen LogP contribution in [0.5, 0.6) is 11.5 Å². The van der Waals surface area contributed by atoms with Crippen molar-refractivity contribution in [1.82, 2.24) is 0 Å². The standard InChI is InChI=1S/C21H27NO4S/c1-3-8-16-14-17(9-4-2)21-20(15-16)26-19-11-6-5-10-18(19)22(21)12-7-13-27(23,24)25/h5-6,10-11,14-15H,3-4,7-9,12-13H2,1-2H3,(H,23,24,25). The van der Waals surface area contributed by atoms with Crippen molar-refractivity contribution >= 4 is 21.5 Å². The number of fused-ring (bicyclic) bond motifs is 2. The van der Waals surface area contributed by atoms with E-state index in [9.17, 15) is 8.42 Å². The Hall–Kier alpha value is -2.05. The van der Waals surface area contributed by atoms with E-state index in [-0.39, 0.29) is 5.75 Å². The molecule has 0 unspecified atom stereocenters. The molecule has 27 heavy (non-hydrogen) atoms. The highest BCUT2D eigenvalue weighted by molar-refractivity contribution is 7.85. The monoisotopic (exact) mass is 389 g/mol. The molecule has 0 spiro atoms. The van der Waals surface area contributed by atoms with Gasteiger partial charge in [0.25, 0.3) is 10.1 Å². The summed E-state index contributed by atoms with van der Waals surface area (Å²) >= 11 is 0. The van der Waals surface area contributed by atoms with Gasteiger partial charge in [0.15, 0.2) is 11.5 Å². The number of ether oxygens (including phenoxy) is 1. The predicted octanol–water partition coefficient (Wildman–Crippen LogP) is 5.11. The minimum Gasteiger partial charge on any atom is -0.453 e. The highest BCUT2D eigenvalue weighted by Crippen LogP contribution is 2.49. The number of aryl methyl sites for hydroxylation is 2. The van der Waals surface area contributed by atoms with E-state index in [4.69, 9.17) is 9.29 Å². The SMILES string of the molecule is CCCc1cc(CCC)c2c(c1)Oc1ccccc1N2CCCS(=O)(=O)O. The molecule has 1 aliphatic heterocycles. The molecular weight excluding hydrogens is 362 g/mol. The minimum absolute atomic E-state index is 0.251. The first-order chi connectivity index (χ1) is 12.9. The molecule has 0 bridgehead atoms. The lowest BCUT2D eigenvalue weighted by Crippen LogP contribution is -2.25. The maximum atomic E-state index is 11.2. The van der Waals surface area contributed by atoms with Crippen molar-refractivity contribution in [2.45, 2.75) is 46.0 Å². The van der Waals surface area contributed by atoms with Crippen LogP contribution in [0.15, 0.2) is 36.4 Å². The van der Waals surface area contributed by atoms with Crippen LogP contribution in [0.3, 0.4) is 0 Å². The summed E-state index contributed by atoms with van der Waals surface area (Å²) in [4.78, 5) is 2.14. The molecule has 0 radical (unpaired) electrons. The van der Waals surface area contributed by atoms with Crippen LogP contribution in [0.2, 0.25) is 0 Å². The Labute approximate surface area is 161 Å². The number of nitrogens with zero attached hydrogens (tertiary/aromatic N) is 1. The van der Waals surface area contributed by atoms with E-state index in [0.29, 0.717) is 13.0 Å². The molecule has 0 saturated heterocycles. The van der Waals surface area contributed by atoms with E-state index in [1.165, 1.54) is 11.1 Å². The second-order valence-corrected chi connectivity index (χ2v) is 8.53. The molecule has 2 aromatic rings. The molecule has 1 heterocycles. The van der Waals surface area contributed by atoms with E-state index < -0.39 is 10.1 Å². The Morgan fingerprint density at radius 1 is 1.04 bits per heavy atom. The average molecular weight is 390 g/mol. The summed E-state index contributed by atoms with van der Waals surface area (Å²) in [6.45, 7) is 4.81. The summed E-state index contributed by atoms with van der Waals surface area (Å²) in [5.41, 5.74) is 4.43. The number of hydrogen-bond donors (Lipinski definition) is 1. The molecule has 0 fully saturated rings. The van der Waals surface area contributed by atoms with Crippen molar-refractivity contribution in [3.05, 3.63) is 47.5 Å². The van der Waals surface area contributed by atoms with E-state index in [1.807, 2.05) is 24.3 Å². The van der Waals surface area contributed by atoms with Gasteiger partial charge in [0.1, 0.15) is 0 Å². The van der Waals surface area contributed by atoms with Crippen LogP contribution in [0.1, 0.15) is 44.2 Å². The Morgan fingerprint density at radius 3 is 2.48 bits per heavy atom. The lowest BCUT2D eigenvalue weighted by molar-refractivity contribution is 0.469. The number of benzene rings is 2. The third-order valence-corrected chi connectivity index (χ3v) is 5.51. The van der Waals surface area contributed by atoms with Crippen molar-refractivity contribution in [3.8, 4) is 11.5 Å². The van der Waals surface area contributed by atoms with Gasteiger partial charge in [-0.2, -0.15) is 8.42 Å². The maximum Gasteiger partial charge on any atom is 0.264 e. The summed E-state index contributed by atoms with van der Waals surface area (Å²) < 4.78 is 37.6. The zero-order valence-electron chi connectivity index (χ0n) is 15.9. The summed E-state index contributed by atoms with van der Waals surface area (Å²) in [6.07, 6.45) is 4.36. The molecule has 1 aliphatic rings. The van der Waals surface area contributed by atoms with E-state index in [0.717, 1.165) is 48.6 Å². The normalized spacial score (nSPS) is 13.1. The first kappa shape index (κ1) is 19.7. The first-order valence-corrected chi connectivity index (χ1v) is 11.2. The maximum absolute atomic E-state index is 11.2. The van der Waals surface area contributed by atoms with Gasteiger partial charge in [0.2, 0.25) is 0 Å². The molecule has 1 N–H and O–H groups in total. The fourth-order valence-electron chi connectivity index (χ4n) is 3.65. The van der Waals surface area contributed by atoms with Crippen LogP contribution < -0.4 is 9.64 Å². The molecular formula is C21H27NO4S. The molecule has 6 heteroatoms. The van der Waals surface area contributed by atoms with Crippen LogP contribution in [0, 0.1) is 0 Å². The zero-order valence-corrected chi connectivity index (χ0v) is 16.8. The van der Waals surface area contributed by atoms with E-state index in [1.54, 1.807) is 0 Å². The number of hydrogen-bond acceptors (Lipinski definition) is 4. The largest absolute Gasteiger partial charge is 0.453 e. The molecule has 0 saturated carbocycles. The van der Waals surface area contributed by atoms with Gasteiger partial charge >= 0.3 is 0 Å². The van der Waals surface area contributed by atoms with E-state index >= 15 is 0 Å². The molecule has 2 aromatic carbocycles. The summed E-state index contributed by atoms with van der Waals surface area (Å²) in [6, 6.07) is 12.2. The van der Waals surface area contributed by atoms with Gasteiger partial charge in [-0.1, -0.05) is 44.9 Å². The molecule has 5 nitrogen and oxygen atoms in total. The van der Waals surface area contributed by atoms with Gasteiger partial charge in [-0.05, 0) is 48.6 Å². The van der Waals surface area contributed by atoms with Gasteiger partial charge < -0.3 is 9.64 Å². The van der Waals surface area contributed by atoms with Crippen molar-refractivity contribution < 1.29 is 17.7 Å². The number of para-hydroxylation sites is 2. The lowest BCUT2D eigenvalue weighted by Gasteiger charge is -2.35. The van der Waals surface area contributed by atoms with Gasteiger partial charge in [0.05, 0.1) is 17.1 Å². The molecule has 3 rings (SSSR count). The van der Waals surface area contributed by atoms with Crippen LogP contribution in [0.25, 0.3) is 0 Å². The van der Waals surface area contributed by atoms with E-state index in [2.05, 4.69) is 30.9 Å². The second kappa shape index (κ2) is 8.31. The van der Waals surface area contributed by atoms with Crippen LogP contribution in [0.4, 0.5) is 11.4 Å².